The van der Waals surface area contributed by atoms with E-state index >= 15 is 0 Å². The molecule has 0 spiro atoms. The molecule has 0 aliphatic carbocycles. The van der Waals surface area contributed by atoms with Crippen LogP contribution in [0.4, 0.5) is 0 Å². The fourth-order valence-corrected chi connectivity index (χ4v) is 1.75. The van der Waals surface area contributed by atoms with Crippen LogP contribution in [0, 0.1) is 0 Å². The van der Waals surface area contributed by atoms with Crippen LogP contribution in [0.2, 0.25) is 0 Å². The van der Waals surface area contributed by atoms with Crippen LogP contribution >= 0.6 is 0 Å². The predicted octanol–water partition coefficient (Wildman–Crippen LogP) is 3.71. The van der Waals surface area contributed by atoms with E-state index in [1.807, 2.05) is 5.01 Å². The molecule has 0 aromatic heterocycles. The van der Waals surface area contributed by atoms with Crippen molar-refractivity contribution in [2.75, 3.05) is 13.1 Å². The molecule has 2 N–H and O–H groups in total. The van der Waals surface area contributed by atoms with Crippen LogP contribution in [0.25, 0.3) is 0 Å². The molecule has 2 heteroatoms. The van der Waals surface area contributed by atoms with Crippen molar-refractivity contribution in [1.82, 2.24) is 5.01 Å². The highest BCUT2D eigenvalue weighted by atomic mass is 15.4. The summed E-state index contributed by atoms with van der Waals surface area (Å²) < 4.78 is 0. The van der Waals surface area contributed by atoms with Crippen molar-refractivity contribution in [2.45, 2.75) is 71.6 Å². The molecular formula is C13H30N2. The molecule has 15 heavy (non-hydrogen) atoms. The van der Waals surface area contributed by atoms with Crippen LogP contribution in [0.5, 0.6) is 0 Å². The number of hydrogen-bond donors (Lipinski definition) is 1. The Bertz CT molecular complexity index is 115. The molecule has 0 saturated heterocycles. The van der Waals surface area contributed by atoms with Crippen molar-refractivity contribution in [3.05, 3.63) is 0 Å². The fourth-order valence-electron chi connectivity index (χ4n) is 1.75. The molecule has 0 saturated carbocycles. The molecule has 0 aliphatic heterocycles. The lowest BCUT2D eigenvalue weighted by Crippen LogP contribution is -2.32. The minimum absolute atomic E-state index is 1.06. The molecular weight excluding hydrogens is 184 g/mol. The normalized spacial score (nSPS) is 11.2. The number of nitrogens with zero attached hydrogens (tertiary/aromatic N) is 1. The monoisotopic (exact) mass is 214 g/mol. The summed E-state index contributed by atoms with van der Waals surface area (Å²) in [4.78, 5) is 0. The largest absolute Gasteiger partial charge is 0.269 e. The van der Waals surface area contributed by atoms with Crippen LogP contribution in [-0.2, 0) is 0 Å². The molecule has 92 valence electrons. The maximum atomic E-state index is 5.86. The van der Waals surface area contributed by atoms with Gasteiger partial charge in [0.15, 0.2) is 0 Å². The van der Waals surface area contributed by atoms with Gasteiger partial charge in [0, 0.05) is 13.1 Å². The molecule has 0 amide bonds. The zero-order chi connectivity index (χ0) is 11.4. The Morgan fingerprint density at radius 1 is 0.667 bits per heavy atom. The summed E-state index contributed by atoms with van der Waals surface area (Å²) in [6, 6.07) is 0. The second-order valence-electron chi connectivity index (χ2n) is 4.51. The highest BCUT2D eigenvalue weighted by molar-refractivity contribution is 4.51. The van der Waals surface area contributed by atoms with Crippen LogP contribution in [-0.4, -0.2) is 18.1 Å². The van der Waals surface area contributed by atoms with Crippen LogP contribution in [0.15, 0.2) is 0 Å². The summed E-state index contributed by atoms with van der Waals surface area (Å²) in [7, 11) is 0. The van der Waals surface area contributed by atoms with E-state index in [9.17, 15) is 0 Å². The fraction of sp³-hybridized carbons (Fsp3) is 1.00. The maximum Gasteiger partial charge on any atom is 0.0128 e. The third-order valence-corrected chi connectivity index (χ3v) is 2.85. The van der Waals surface area contributed by atoms with Gasteiger partial charge in [-0.2, -0.15) is 0 Å². The number of hydrazine groups is 1. The number of nitrogens with two attached hydrogens (primary N) is 1. The molecule has 0 fully saturated rings. The van der Waals surface area contributed by atoms with E-state index in [1.54, 1.807) is 0 Å². The third kappa shape index (κ3) is 11.8. The Balaban J connectivity index is 3.02. The second kappa shape index (κ2) is 12.0. The van der Waals surface area contributed by atoms with Crippen molar-refractivity contribution in [3.8, 4) is 0 Å². The molecule has 0 aromatic carbocycles. The summed E-state index contributed by atoms with van der Waals surface area (Å²) in [5, 5.41) is 1.98. The first-order valence-electron chi connectivity index (χ1n) is 6.80. The Morgan fingerprint density at radius 2 is 1.13 bits per heavy atom. The van der Waals surface area contributed by atoms with E-state index in [0.717, 1.165) is 13.1 Å². The highest BCUT2D eigenvalue weighted by Gasteiger charge is 1.97. The van der Waals surface area contributed by atoms with E-state index < -0.39 is 0 Å². The zero-order valence-electron chi connectivity index (χ0n) is 10.8. The molecule has 0 radical (unpaired) electrons. The van der Waals surface area contributed by atoms with E-state index in [0.29, 0.717) is 0 Å². The standard InChI is InChI=1S/C13H30N2/c1-3-5-7-8-9-10-11-13-15(14)12-6-4-2/h3-14H2,1-2H3. The van der Waals surface area contributed by atoms with Gasteiger partial charge in [0.05, 0.1) is 0 Å². The van der Waals surface area contributed by atoms with Crippen molar-refractivity contribution in [2.24, 2.45) is 5.84 Å². The highest BCUT2D eigenvalue weighted by Crippen LogP contribution is 2.07. The minimum atomic E-state index is 1.06. The molecule has 0 rings (SSSR count). The second-order valence-corrected chi connectivity index (χ2v) is 4.51. The van der Waals surface area contributed by atoms with E-state index in [4.69, 9.17) is 5.84 Å². The average Bonchev–Trinajstić information content (AvgIpc) is 2.25. The molecule has 0 atom stereocenters. The van der Waals surface area contributed by atoms with Crippen LogP contribution < -0.4 is 5.84 Å². The predicted molar refractivity (Wildman–Crippen MR) is 68.7 cm³/mol. The molecule has 2 nitrogen and oxygen atoms in total. The first-order valence-corrected chi connectivity index (χ1v) is 6.80. The topological polar surface area (TPSA) is 29.3 Å². The first-order chi connectivity index (χ1) is 7.31. The Labute approximate surface area is 96.2 Å². The lowest BCUT2D eigenvalue weighted by Gasteiger charge is -2.15. The summed E-state index contributed by atoms with van der Waals surface area (Å²) in [6.07, 6.45) is 12.0. The zero-order valence-corrected chi connectivity index (χ0v) is 10.8. The average molecular weight is 214 g/mol. The SMILES string of the molecule is CCCCCCCCCN(N)CCCC. The van der Waals surface area contributed by atoms with Gasteiger partial charge in [-0.05, 0) is 12.8 Å². The van der Waals surface area contributed by atoms with Crippen molar-refractivity contribution < 1.29 is 0 Å². The Kier molecular flexibility index (Phi) is 11.9. The molecule has 0 aromatic rings. The van der Waals surface area contributed by atoms with Gasteiger partial charge in [-0.25, -0.2) is 5.01 Å². The lowest BCUT2D eigenvalue weighted by molar-refractivity contribution is 0.271. The van der Waals surface area contributed by atoms with E-state index in [-0.39, 0.29) is 0 Å². The van der Waals surface area contributed by atoms with E-state index in [2.05, 4.69) is 13.8 Å². The van der Waals surface area contributed by atoms with Gasteiger partial charge in [-0.3, -0.25) is 5.84 Å². The summed E-state index contributed by atoms with van der Waals surface area (Å²) >= 11 is 0. The van der Waals surface area contributed by atoms with Gasteiger partial charge >= 0.3 is 0 Å². The van der Waals surface area contributed by atoms with Gasteiger partial charge in [0.1, 0.15) is 0 Å². The van der Waals surface area contributed by atoms with Crippen molar-refractivity contribution in [1.29, 1.82) is 0 Å². The van der Waals surface area contributed by atoms with Gasteiger partial charge in [-0.15, -0.1) is 0 Å². The van der Waals surface area contributed by atoms with Gasteiger partial charge in [0.25, 0.3) is 0 Å². The lowest BCUT2D eigenvalue weighted by atomic mass is 10.1. The quantitative estimate of drug-likeness (QED) is 0.323. The number of rotatable bonds is 11. The minimum Gasteiger partial charge on any atom is -0.269 e. The summed E-state index contributed by atoms with van der Waals surface area (Å²) in [6.45, 7) is 6.61. The van der Waals surface area contributed by atoms with Crippen molar-refractivity contribution in [3.63, 3.8) is 0 Å². The maximum absolute atomic E-state index is 5.86. The molecule has 0 unspecified atom stereocenters. The van der Waals surface area contributed by atoms with Gasteiger partial charge in [0.2, 0.25) is 0 Å². The molecule has 0 aliphatic rings. The van der Waals surface area contributed by atoms with Gasteiger partial charge in [-0.1, -0.05) is 58.8 Å². The third-order valence-electron chi connectivity index (χ3n) is 2.85. The summed E-state index contributed by atoms with van der Waals surface area (Å²) in [5.74, 6) is 5.86. The number of unbranched alkanes of at least 4 members (excludes halogenated alkanes) is 7. The van der Waals surface area contributed by atoms with Gasteiger partial charge < -0.3 is 0 Å². The Hall–Kier alpha value is -0.0800. The molecule has 0 bridgehead atoms. The van der Waals surface area contributed by atoms with Crippen LogP contribution in [0.3, 0.4) is 0 Å². The molecule has 0 heterocycles. The summed E-state index contributed by atoms with van der Waals surface area (Å²) in [5.41, 5.74) is 0. The van der Waals surface area contributed by atoms with Crippen molar-refractivity contribution >= 4 is 0 Å². The Morgan fingerprint density at radius 3 is 1.73 bits per heavy atom. The smallest absolute Gasteiger partial charge is 0.0128 e. The first kappa shape index (κ1) is 14.9. The van der Waals surface area contributed by atoms with Crippen LogP contribution in [0.1, 0.15) is 71.6 Å². The van der Waals surface area contributed by atoms with E-state index in [1.165, 1.54) is 57.8 Å². The number of hydrogen-bond acceptors (Lipinski definition) is 2.